The number of thiazole rings is 1. The van der Waals surface area contributed by atoms with Gasteiger partial charge in [0.2, 0.25) is 5.82 Å². The number of phenols is 1. The molecule has 0 atom stereocenters. The first-order chi connectivity index (χ1) is 11.7. The molecule has 8 heteroatoms. The van der Waals surface area contributed by atoms with Gasteiger partial charge in [-0.2, -0.15) is 4.80 Å². The summed E-state index contributed by atoms with van der Waals surface area (Å²) in [5.41, 5.74) is 1.56. The lowest BCUT2D eigenvalue weighted by atomic mass is 10.2. The van der Waals surface area contributed by atoms with Crippen molar-refractivity contribution in [2.24, 2.45) is 0 Å². The highest BCUT2D eigenvalue weighted by Crippen LogP contribution is 2.35. The zero-order valence-corrected chi connectivity index (χ0v) is 13.6. The number of aromatic nitrogens is 5. The van der Waals surface area contributed by atoms with Crippen molar-refractivity contribution in [1.82, 2.24) is 25.2 Å². The highest BCUT2D eigenvalue weighted by molar-refractivity contribution is 7.18. The van der Waals surface area contributed by atoms with Crippen LogP contribution in [0.25, 0.3) is 21.6 Å². The summed E-state index contributed by atoms with van der Waals surface area (Å²) in [6.45, 7) is 0.438. The molecule has 0 unspecified atom stereocenters. The number of benzene rings is 2. The van der Waals surface area contributed by atoms with E-state index in [0.29, 0.717) is 23.7 Å². The fourth-order valence-corrected chi connectivity index (χ4v) is 3.38. The minimum absolute atomic E-state index is 0.0394. The van der Waals surface area contributed by atoms with E-state index in [-0.39, 0.29) is 5.75 Å². The number of methoxy groups -OCH3 is 1. The Balaban J connectivity index is 1.64. The Morgan fingerprint density at radius 2 is 2.04 bits per heavy atom. The van der Waals surface area contributed by atoms with Crippen LogP contribution in [0.4, 0.5) is 0 Å². The molecule has 0 aliphatic rings. The number of fused-ring (bicyclic) bond motifs is 1. The first-order valence-electron chi connectivity index (χ1n) is 7.23. The van der Waals surface area contributed by atoms with Gasteiger partial charge in [0.25, 0.3) is 0 Å². The van der Waals surface area contributed by atoms with Gasteiger partial charge in [-0.05, 0) is 29.5 Å². The van der Waals surface area contributed by atoms with Gasteiger partial charge in [-0.3, -0.25) is 0 Å². The number of hydrogen-bond acceptors (Lipinski definition) is 7. The summed E-state index contributed by atoms with van der Waals surface area (Å²) in [7, 11) is 1.49. The zero-order valence-electron chi connectivity index (χ0n) is 12.7. The lowest BCUT2D eigenvalue weighted by Crippen LogP contribution is -2.03. The molecule has 0 fully saturated rings. The Morgan fingerprint density at radius 3 is 2.88 bits per heavy atom. The standard InChI is InChI=1S/C16H13N5O2S/c1-23-15-10(5-4-7-12(15)22)16-18-20-21(19-16)9-14-17-11-6-2-3-8-13(11)24-14/h2-8,22H,9H2,1H3. The molecule has 2 aromatic carbocycles. The van der Waals surface area contributed by atoms with E-state index >= 15 is 0 Å². The highest BCUT2D eigenvalue weighted by atomic mass is 32.1. The number of hydrogen-bond donors (Lipinski definition) is 1. The van der Waals surface area contributed by atoms with Gasteiger partial charge in [0.05, 0.1) is 22.9 Å². The molecule has 0 amide bonds. The van der Waals surface area contributed by atoms with Gasteiger partial charge in [0.15, 0.2) is 11.5 Å². The van der Waals surface area contributed by atoms with Gasteiger partial charge in [0, 0.05) is 0 Å². The summed E-state index contributed by atoms with van der Waals surface area (Å²) >= 11 is 1.60. The van der Waals surface area contributed by atoms with Gasteiger partial charge in [-0.25, -0.2) is 4.98 Å². The molecule has 24 heavy (non-hydrogen) atoms. The molecule has 4 aromatic rings. The van der Waals surface area contributed by atoms with Crippen molar-refractivity contribution in [2.45, 2.75) is 6.54 Å². The lowest BCUT2D eigenvalue weighted by Gasteiger charge is -2.06. The van der Waals surface area contributed by atoms with Crippen LogP contribution in [-0.4, -0.2) is 37.4 Å². The maximum atomic E-state index is 9.86. The third-order valence-corrected chi connectivity index (χ3v) is 4.53. The molecule has 120 valence electrons. The van der Waals surface area contributed by atoms with E-state index in [1.165, 1.54) is 11.9 Å². The molecule has 4 rings (SSSR count). The first-order valence-corrected chi connectivity index (χ1v) is 8.05. The third kappa shape index (κ3) is 2.56. The van der Waals surface area contributed by atoms with Crippen LogP contribution in [0.15, 0.2) is 42.5 Å². The number of tetrazole rings is 1. The second-order valence-corrected chi connectivity index (χ2v) is 6.19. The number of phenolic OH excluding ortho intramolecular Hbond substituents is 1. The first kappa shape index (κ1) is 14.6. The monoisotopic (exact) mass is 339 g/mol. The fourth-order valence-electron chi connectivity index (χ4n) is 2.44. The Labute approximate surface area is 141 Å². The topological polar surface area (TPSA) is 86.0 Å². The second kappa shape index (κ2) is 5.89. The number of para-hydroxylation sites is 2. The van der Waals surface area contributed by atoms with Crippen molar-refractivity contribution in [3.63, 3.8) is 0 Å². The van der Waals surface area contributed by atoms with E-state index in [1.54, 1.807) is 29.5 Å². The van der Waals surface area contributed by atoms with Crippen LogP contribution in [0.3, 0.4) is 0 Å². The lowest BCUT2D eigenvalue weighted by molar-refractivity contribution is 0.374. The van der Waals surface area contributed by atoms with Gasteiger partial charge in [0.1, 0.15) is 11.6 Å². The minimum Gasteiger partial charge on any atom is -0.504 e. The predicted molar refractivity (Wildman–Crippen MR) is 90.2 cm³/mol. The summed E-state index contributed by atoms with van der Waals surface area (Å²) in [6.07, 6.45) is 0. The molecule has 2 heterocycles. The average molecular weight is 339 g/mol. The van der Waals surface area contributed by atoms with Crippen molar-refractivity contribution in [2.75, 3.05) is 7.11 Å². The fraction of sp³-hybridized carbons (Fsp3) is 0.125. The van der Waals surface area contributed by atoms with Crippen LogP contribution >= 0.6 is 11.3 Å². The summed E-state index contributed by atoms with van der Waals surface area (Å²) in [4.78, 5) is 6.05. The highest BCUT2D eigenvalue weighted by Gasteiger charge is 2.15. The SMILES string of the molecule is COc1c(O)cccc1-c1nnn(Cc2nc3ccccc3s2)n1. The van der Waals surface area contributed by atoms with Crippen molar-refractivity contribution in [3.05, 3.63) is 47.5 Å². The van der Waals surface area contributed by atoms with E-state index in [4.69, 9.17) is 4.74 Å². The van der Waals surface area contributed by atoms with Gasteiger partial charge >= 0.3 is 0 Å². The molecule has 0 saturated heterocycles. The van der Waals surface area contributed by atoms with Crippen LogP contribution in [0.2, 0.25) is 0 Å². The summed E-state index contributed by atoms with van der Waals surface area (Å²) < 4.78 is 6.35. The molecule has 0 saturated carbocycles. The second-order valence-electron chi connectivity index (χ2n) is 5.08. The smallest absolute Gasteiger partial charge is 0.208 e. The third-order valence-electron chi connectivity index (χ3n) is 3.51. The molecular formula is C16H13N5O2S. The quantitative estimate of drug-likeness (QED) is 0.615. The Hall–Kier alpha value is -3.00. The Bertz CT molecular complexity index is 978. The van der Waals surface area contributed by atoms with Crippen molar-refractivity contribution < 1.29 is 9.84 Å². The molecule has 0 bridgehead atoms. The molecule has 7 nitrogen and oxygen atoms in total. The molecule has 0 aliphatic carbocycles. The van der Waals surface area contributed by atoms with Crippen LogP contribution in [0.1, 0.15) is 5.01 Å². The summed E-state index contributed by atoms with van der Waals surface area (Å²) in [6, 6.07) is 13.0. The van der Waals surface area contributed by atoms with Crippen molar-refractivity contribution >= 4 is 21.6 Å². The normalized spacial score (nSPS) is 11.0. The molecule has 1 N–H and O–H groups in total. The molecule has 0 spiro atoms. The van der Waals surface area contributed by atoms with E-state index in [9.17, 15) is 5.11 Å². The van der Waals surface area contributed by atoms with Gasteiger partial charge in [-0.15, -0.1) is 21.5 Å². The van der Waals surface area contributed by atoms with Gasteiger partial charge < -0.3 is 9.84 Å². The molecule has 0 aliphatic heterocycles. The maximum Gasteiger partial charge on any atom is 0.208 e. The van der Waals surface area contributed by atoms with E-state index in [0.717, 1.165) is 15.2 Å². The number of rotatable bonds is 4. The zero-order chi connectivity index (χ0) is 16.5. The maximum absolute atomic E-state index is 9.86. The molecule has 0 radical (unpaired) electrons. The molecular weight excluding hydrogens is 326 g/mol. The predicted octanol–water partition coefficient (Wildman–Crippen LogP) is 2.71. The summed E-state index contributed by atoms with van der Waals surface area (Å²) in [5.74, 6) is 0.762. The van der Waals surface area contributed by atoms with Crippen molar-refractivity contribution in [1.29, 1.82) is 0 Å². The van der Waals surface area contributed by atoms with Crippen LogP contribution in [-0.2, 0) is 6.54 Å². The van der Waals surface area contributed by atoms with E-state index < -0.39 is 0 Å². The van der Waals surface area contributed by atoms with Crippen LogP contribution < -0.4 is 4.74 Å². The van der Waals surface area contributed by atoms with Gasteiger partial charge in [-0.1, -0.05) is 18.2 Å². The van der Waals surface area contributed by atoms with Crippen LogP contribution in [0, 0.1) is 0 Å². The number of aromatic hydroxyl groups is 1. The number of ether oxygens (including phenoxy) is 1. The summed E-state index contributed by atoms with van der Waals surface area (Å²) in [5, 5.41) is 23.3. The Kier molecular flexibility index (Phi) is 3.58. The average Bonchev–Trinajstić information content (AvgIpc) is 3.21. The van der Waals surface area contributed by atoms with E-state index in [2.05, 4.69) is 20.4 Å². The Morgan fingerprint density at radius 1 is 1.17 bits per heavy atom. The molecule has 2 aromatic heterocycles. The number of nitrogens with zero attached hydrogens (tertiary/aromatic N) is 5. The minimum atomic E-state index is 0.0394. The van der Waals surface area contributed by atoms with Crippen molar-refractivity contribution in [3.8, 4) is 22.9 Å². The largest absolute Gasteiger partial charge is 0.504 e. The van der Waals surface area contributed by atoms with Crippen LogP contribution in [0.5, 0.6) is 11.5 Å². The van der Waals surface area contributed by atoms with E-state index in [1.807, 2.05) is 24.3 Å².